The number of nitro groups is 1. The Kier molecular flexibility index (Phi) is 6.64. The summed E-state index contributed by atoms with van der Waals surface area (Å²) in [6, 6.07) is 8.14. The number of esters is 1. The molecule has 0 aliphatic carbocycles. The Bertz CT molecular complexity index is 758. The number of benzene rings is 1. The number of anilines is 1. The third-order valence-electron chi connectivity index (χ3n) is 3.45. The molecule has 0 spiro atoms. The molecule has 8 heteroatoms. The summed E-state index contributed by atoms with van der Waals surface area (Å²) < 4.78 is 4.93. The standard InChI is InChI=1S/C17H18N2O5S/c1-12-7-8-13(19(22)23)10-15(12)18-16(20)11-24-17(21)6-2-4-14-5-3-9-25-14/h3,5,7-10H,2,4,6,11H2,1H3,(H,18,20). The number of carbonyl (C=O) groups is 2. The largest absolute Gasteiger partial charge is 0.456 e. The smallest absolute Gasteiger partial charge is 0.306 e. The van der Waals surface area contributed by atoms with E-state index in [-0.39, 0.29) is 12.1 Å². The molecule has 0 radical (unpaired) electrons. The molecule has 1 aromatic heterocycles. The maximum absolute atomic E-state index is 11.9. The van der Waals surface area contributed by atoms with Crippen LogP contribution in [0.4, 0.5) is 11.4 Å². The first kappa shape index (κ1) is 18.6. The molecule has 1 N–H and O–H groups in total. The molecular formula is C17H18N2O5S. The normalized spacial score (nSPS) is 10.3. The van der Waals surface area contributed by atoms with Gasteiger partial charge < -0.3 is 10.1 Å². The van der Waals surface area contributed by atoms with E-state index in [1.165, 1.54) is 17.0 Å². The summed E-state index contributed by atoms with van der Waals surface area (Å²) in [7, 11) is 0. The Hall–Kier alpha value is -2.74. The topological polar surface area (TPSA) is 98.5 Å². The molecule has 7 nitrogen and oxygen atoms in total. The summed E-state index contributed by atoms with van der Waals surface area (Å²) in [6.07, 6.45) is 1.69. The van der Waals surface area contributed by atoms with Gasteiger partial charge in [0, 0.05) is 23.4 Å². The van der Waals surface area contributed by atoms with Gasteiger partial charge in [0.2, 0.25) is 0 Å². The highest BCUT2D eigenvalue weighted by atomic mass is 32.1. The van der Waals surface area contributed by atoms with Gasteiger partial charge in [-0.3, -0.25) is 19.7 Å². The molecule has 1 aromatic carbocycles. The lowest BCUT2D eigenvalue weighted by molar-refractivity contribution is -0.384. The van der Waals surface area contributed by atoms with Crippen molar-refractivity contribution in [3.05, 3.63) is 56.3 Å². The van der Waals surface area contributed by atoms with Gasteiger partial charge in [0.05, 0.1) is 10.6 Å². The highest BCUT2D eigenvalue weighted by Crippen LogP contribution is 2.21. The fraction of sp³-hybridized carbons (Fsp3) is 0.294. The third kappa shape index (κ3) is 6.00. The van der Waals surface area contributed by atoms with Gasteiger partial charge in [-0.05, 0) is 36.8 Å². The second-order valence-electron chi connectivity index (χ2n) is 5.40. The average Bonchev–Trinajstić information content (AvgIpc) is 3.08. The van der Waals surface area contributed by atoms with E-state index in [0.717, 1.165) is 6.42 Å². The van der Waals surface area contributed by atoms with Gasteiger partial charge in [-0.15, -0.1) is 11.3 Å². The Morgan fingerprint density at radius 2 is 2.12 bits per heavy atom. The van der Waals surface area contributed by atoms with Crippen molar-refractivity contribution in [3.8, 4) is 0 Å². The van der Waals surface area contributed by atoms with Crippen LogP contribution in [0, 0.1) is 17.0 Å². The first-order valence-corrected chi connectivity index (χ1v) is 8.56. The van der Waals surface area contributed by atoms with Crippen molar-refractivity contribution in [2.45, 2.75) is 26.2 Å². The van der Waals surface area contributed by atoms with Gasteiger partial charge in [-0.1, -0.05) is 12.1 Å². The number of amides is 1. The lowest BCUT2D eigenvalue weighted by Crippen LogP contribution is -2.21. The molecular weight excluding hydrogens is 344 g/mol. The molecule has 0 fully saturated rings. The van der Waals surface area contributed by atoms with E-state index in [1.54, 1.807) is 24.3 Å². The first-order valence-electron chi connectivity index (χ1n) is 7.68. The van der Waals surface area contributed by atoms with Crippen molar-refractivity contribution >= 4 is 34.6 Å². The van der Waals surface area contributed by atoms with E-state index < -0.39 is 23.4 Å². The molecule has 0 aliphatic rings. The quantitative estimate of drug-likeness (QED) is 0.440. The Balaban J connectivity index is 1.75. The number of carbonyl (C=O) groups excluding carboxylic acids is 2. The van der Waals surface area contributed by atoms with Crippen molar-refractivity contribution < 1.29 is 19.2 Å². The van der Waals surface area contributed by atoms with E-state index in [1.807, 2.05) is 17.5 Å². The number of aryl methyl sites for hydroxylation is 2. The van der Waals surface area contributed by atoms with Crippen LogP contribution in [0.5, 0.6) is 0 Å². The number of hydrogen-bond donors (Lipinski definition) is 1. The number of ether oxygens (including phenoxy) is 1. The second-order valence-corrected chi connectivity index (χ2v) is 6.43. The molecule has 2 rings (SSSR count). The van der Waals surface area contributed by atoms with Gasteiger partial charge in [-0.2, -0.15) is 0 Å². The van der Waals surface area contributed by atoms with Crippen LogP contribution in [-0.4, -0.2) is 23.4 Å². The molecule has 0 saturated heterocycles. The minimum atomic E-state index is -0.539. The number of thiophene rings is 1. The molecule has 1 amide bonds. The molecule has 0 unspecified atom stereocenters. The molecule has 0 atom stereocenters. The SMILES string of the molecule is Cc1ccc([N+](=O)[O-])cc1NC(=O)COC(=O)CCCc1cccs1. The third-order valence-corrected chi connectivity index (χ3v) is 4.39. The number of nitro benzene ring substituents is 1. The summed E-state index contributed by atoms with van der Waals surface area (Å²) in [5, 5.41) is 15.3. The second kappa shape index (κ2) is 8.93. The van der Waals surface area contributed by atoms with Crippen LogP contribution in [0.1, 0.15) is 23.3 Å². The van der Waals surface area contributed by atoms with E-state index in [4.69, 9.17) is 4.74 Å². The fourth-order valence-electron chi connectivity index (χ4n) is 2.12. The predicted molar refractivity (Wildman–Crippen MR) is 94.7 cm³/mol. The molecule has 1 heterocycles. The summed E-state index contributed by atoms with van der Waals surface area (Å²) in [4.78, 5) is 34.9. The molecule has 0 aliphatic heterocycles. The molecule has 25 heavy (non-hydrogen) atoms. The number of hydrogen-bond acceptors (Lipinski definition) is 6. The highest BCUT2D eigenvalue weighted by Gasteiger charge is 2.12. The van der Waals surface area contributed by atoms with Crippen LogP contribution in [0.15, 0.2) is 35.7 Å². The van der Waals surface area contributed by atoms with Crippen LogP contribution in [0.25, 0.3) is 0 Å². The molecule has 0 bridgehead atoms. The maximum atomic E-state index is 11.9. The van der Waals surface area contributed by atoms with Gasteiger partial charge >= 0.3 is 5.97 Å². The van der Waals surface area contributed by atoms with Gasteiger partial charge in [0.15, 0.2) is 6.61 Å². The molecule has 132 valence electrons. The lowest BCUT2D eigenvalue weighted by Gasteiger charge is -2.09. The van der Waals surface area contributed by atoms with E-state index in [9.17, 15) is 19.7 Å². The lowest BCUT2D eigenvalue weighted by atomic mass is 10.2. The van der Waals surface area contributed by atoms with E-state index in [0.29, 0.717) is 17.7 Å². The van der Waals surface area contributed by atoms with Gasteiger partial charge in [0.1, 0.15) is 0 Å². The molecule has 2 aromatic rings. The monoisotopic (exact) mass is 362 g/mol. The Morgan fingerprint density at radius 1 is 1.32 bits per heavy atom. The molecule has 0 saturated carbocycles. The Morgan fingerprint density at radius 3 is 2.80 bits per heavy atom. The van der Waals surface area contributed by atoms with Crippen molar-refractivity contribution in [2.24, 2.45) is 0 Å². The van der Waals surface area contributed by atoms with Crippen molar-refractivity contribution in [2.75, 3.05) is 11.9 Å². The maximum Gasteiger partial charge on any atom is 0.306 e. The van der Waals surface area contributed by atoms with Crippen LogP contribution in [-0.2, 0) is 20.7 Å². The fourth-order valence-corrected chi connectivity index (χ4v) is 2.88. The van der Waals surface area contributed by atoms with Crippen LogP contribution >= 0.6 is 11.3 Å². The van der Waals surface area contributed by atoms with E-state index in [2.05, 4.69) is 5.32 Å². The van der Waals surface area contributed by atoms with Gasteiger partial charge in [0.25, 0.3) is 11.6 Å². The number of nitrogens with one attached hydrogen (secondary N) is 1. The van der Waals surface area contributed by atoms with Crippen LogP contribution in [0.2, 0.25) is 0 Å². The summed E-state index contributed by atoms with van der Waals surface area (Å²) in [5.41, 5.74) is 0.889. The van der Waals surface area contributed by atoms with Crippen LogP contribution in [0.3, 0.4) is 0 Å². The predicted octanol–water partition coefficient (Wildman–Crippen LogP) is 3.47. The zero-order valence-corrected chi connectivity index (χ0v) is 14.5. The zero-order chi connectivity index (χ0) is 18.2. The average molecular weight is 362 g/mol. The van der Waals surface area contributed by atoms with Crippen molar-refractivity contribution in [1.82, 2.24) is 0 Å². The van der Waals surface area contributed by atoms with Crippen LogP contribution < -0.4 is 5.32 Å². The van der Waals surface area contributed by atoms with Crippen molar-refractivity contribution in [3.63, 3.8) is 0 Å². The minimum Gasteiger partial charge on any atom is -0.456 e. The summed E-state index contributed by atoms with van der Waals surface area (Å²) >= 11 is 1.63. The summed E-state index contributed by atoms with van der Waals surface area (Å²) in [6.45, 7) is 1.30. The first-order chi connectivity index (χ1) is 12.0. The highest BCUT2D eigenvalue weighted by molar-refractivity contribution is 7.09. The summed E-state index contributed by atoms with van der Waals surface area (Å²) in [5.74, 6) is -0.974. The number of rotatable bonds is 8. The minimum absolute atomic E-state index is 0.119. The van der Waals surface area contributed by atoms with Gasteiger partial charge in [-0.25, -0.2) is 0 Å². The van der Waals surface area contributed by atoms with E-state index >= 15 is 0 Å². The van der Waals surface area contributed by atoms with Crippen molar-refractivity contribution in [1.29, 1.82) is 0 Å². The number of nitrogens with zero attached hydrogens (tertiary/aromatic N) is 1. The zero-order valence-electron chi connectivity index (χ0n) is 13.7. The Labute approximate surface area is 148 Å². The number of non-ortho nitro benzene ring substituents is 1.